The van der Waals surface area contributed by atoms with Gasteiger partial charge in [-0.3, -0.25) is 4.79 Å². The molecule has 6 heteroatoms. The molecule has 1 saturated heterocycles. The lowest BCUT2D eigenvalue weighted by atomic mass is 10.0. The van der Waals surface area contributed by atoms with Crippen LogP contribution in [0.15, 0.2) is 12.1 Å². The van der Waals surface area contributed by atoms with E-state index in [2.05, 4.69) is 10.6 Å². The van der Waals surface area contributed by atoms with Crippen molar-refractivity contribution in [1.82, 2.24) is 5.32 Å². The van der Waals surface area contributed by atoms with E-state index in [0.717, 1.165) is 25.9 Å². The summed E-state index contributed by atoms with van der Waals surface area (Å²) in [5.74, 6) is 0.348. The zero-order valence-electron chi connectivity index (χ0n) is 10.4. The third-order valence-corrected chi connectivity index (χ3v) is 3.82. The van der Waals surface area contributed by atoms with Gasteiger partial charge >= 0.3 is 0 Å². The van der Waals surface area contributed by atoms with Crippen molar-refractivity contribution in [2.75, 3.05) is 18.4 Å². The average Bonchev–Trinajstić information content (AvgIpc) is 2.86. The predicted molar refractivity (Wildman–Crippen MR) is 77.0 cm³/mol. The molecule has 0 spiro atoms. The van der Waals surface area contributed by atoms with E-state index in [0.29, 0.717) is 18.0 Å². The Morgan fingerprint density at radius 3 is 2.68 bits per heavy atom. The van der Waals surface area contributed by atoms with Crippen LogP contribution >= 0.6 is 23.2 Å². The van der Waals surface area contributed by atoms with E-state index >= 15 is 0 Å². The SMILES string of the molecule is O=C(CCC1CCNC1)Nc1cc(Cl)c(O)c(Cl)c1. The molecule has 0 radical (unpaired) electrons. The van der Waals surface area contributed by atoms with Crippen LogP contribution in [0.25, 0.3) is 0 Å². The number of hydrogen-bond acceptors (Lipinski definition) is 3. The van der Waals surface area contributed by atoms with Gasteiger partial charge in [-0.15, -0.1) is 0 Å². The lowest BCUT2D eigenvalue weighted by molar-refractivity contribution is -0.116. The highest BCUT2D eigenvalue weighted by Gasteiger charge is 2.16. The third-order valence-electron chi connectivity index (χ3n) is 3.24. The largest absolute Gasteiger partial charge is 0.505 e. The number of phenols is 1. The van der Waals surface area contributed by atoms with Crippen molar-refractivity contribution in [3.63, 3.8) is 0 Å². The minimum absolute atomic E-state index is 0.0651. The summed E-state index contributed by atoms with van der Waals surface area (Å²) in [6.45, 7) is 2.03. The molecular formula is C13H16Cl2N2O2. The number of phenolic OH excluding ortho intramolecular Hbond substituents is 1. The molecule has 1 aromatic carbocycles. The fourth-order valence-electron chi connectivity index (χ4n) is 2.16. The number of benzene rings is 1. The van der Waals surface area contributed by atoms with Crippen molar-refractivity contribution in [3.8, 4) is 5.75 Å². The Morgan fingerprint density at radius 2 is 2.11 bits per heavy atom. The summed E-state index contributed by atoms with van der Waals surface area (Å²) in [5, 5.41) is 15.7. The molecule has 1 atom stereocenters. The first-order valence-corrected chi connectivity index (χ1v) is 7.00. The second kappa shape index (κ2) is 6.46. The molecule has 1 aliphatic rings. The van der Waals surface area contributed by atoms with Crippen LogP contribution in [0.1, 0.15) is 19.3 Å². The zero-order chi connectivity index (χ0) is 13.8. The molecule has 104 valence electrons. The molecule has 4 nitrogen and oxygen atoms in total. The Labute approximate surface area is 122 Å². The summed E-state index contributed by atoms with van der Waals surface area (Å²) >= 11 is 11.6. The quantitative estimate of drug-likeness (QED) is 0.749. The number of carbonyl (C=O) groups excluding carboxylic acids is 1. The Bertz CT molecular complexity index is 451. The fourth-order valence-corrected chi connectivity index (χ4v) is 2.64. The third kappa shape index (κ3) is 4.00. The van der Waals surface area contributed by atoms with E-state index in [4.69, 9.17) is 23.2 Å². The van der Waals surface area contributed by atoms with Gasteiger partial charge in [0.1, 0.15) is 0 Å². The number of anilines is 1. The summed E-state index contributed by atoms with van der Waals surface area (Å²) in [7, 11) is 0. The van der Waals surface area contributed by atoms with Gasteiger partial charge in [0.15, 0.2) is 5.75 Å². The van der Waals surface area contributed by atoms with Crippen molar-refractivity contribution in [3.05, 3.63) is 22.2 Å². The highest BCUT2D eigenvalue weighted by atomic mass is 35.5. The van der Waals surface area contributed by atoms with E-state index in [-0.39, 0.29) is 21.7 Å². The van der Waals surface area contributed by atoms with Gasteiger partial charge in [0, 0.05) is 12.1 Å². The molecule has 3 N–H and O–H groups in total. The van der Waals surface area contributed by atoms with Gasteiger partial charge in [-0.2, -0.15) is 0 Å². The topological polar surface area (TPSA) is 61.4 Å². The summed E-state index contributed by atoms with van der Waals surface area (Å²) < 4.78 is 0. The molecule has 1 amide bonds. The molecule has 1 aliphatic heterocycles. The van der Waals surface area contributed by atoms with Crippen molar-refractivity contribution in [2.45, 2.75) is 19.3 Å². The number of nitrogens with one attached hydrogen (secondary N) is 2. The first-order valence-electron chi connectivity index (χ1n) is 6.25. The molecule has 0 aromatic heterocycles. The van der Waals surface area contributed by atoms with Crippen LogP contribution in [0.2, 0.25) is 10.0 Å². The molecule has 1 unspecified atom stereocenters. The molecule has 19 heavy (non-hydrogen) atoms. The summed E-state index contributed by atoms with van der Waals surface area (Å²) in [6.07, 6.45) is 2.48. The molecular weight excluding hydrogens is 287 g/mol. The van der Waals surface area contributed by atoms with Crippen molar-refractivity contribution < 1.29 is 9.90 Å². The van der Waals surface area contributed by atoms with Gasteiger partial charge in [0.2, 0.25) is 5.91 Å². The Morgan fingerprint density at radius 1 is 1.42 bits per heavy atom. The first kappa shape index (κ1) is 14.4. The van der Waals surface area contributed by atoms with E-state index in [9.17, 15) is 9.90 Å². The van der Waals surface area contributed by atoms with E-state index in [1.54, 1.807) is 0 Å². The molecule has 1 heterocycles. The number of carbonyl (C=O) groups is 1. The van der Waals surface area contributed by atoms with Crippen LogP contribution in [-0.2, 0) is 4.79 Å². The molecule has 1 aromatic rings. The van der Waals surface area contributed by atoms with Crippen molar-refractivity contribution in [2.24, 2.45) is 5.92 Å². The first-order chi connectivity index (χ1) is 9.06. The van der Waals surface area contributed by atoms with Crippen LogP contribution in [-0.4, -0.2) is 24.1 Å². The van der Waals surface area contributed by atoms with E-state index in [1.165, 1.54) is 12.1 Å². The number of amides is 1. The maximum absolute atomic E-state index is 11.8. The van der Waals surface area contributed by atoms with Gasteiger partial charge in [-0.1, -0.05) is 23.2 Å². The van der Waals surface area contributed by atoms with Crippen LogP contribution in [0, 0.1) is 5.92 Å². The Kier molecular flexibility index (Phi) is 4.91. The van der Waals surface area contributed by atoms with E-state index < -0.39 is 0 Å². The minimum Gasteiger partial charge on any atom is -0.505 e. The predicted octanol–water partition coefficient (Wildman–Crippen LogP) is 3.03. The number of halogens is 2. The second-order valence-electron chi connectivity index (χ2n) is 4.73. The molecule has 0 aliphatic carbocycles. The minimum atomic E-state index is -0.168. The zero-order valence-corrected chi connectivity index (χ0v) is 11.9. The lowest BCUT2D eigenvalue weighted by Gasteiger charge is -2.10. The monoisotopic (exact) mass is 302 g/mol. The van der Waals surface area contributed by atoms with Crippen LogP contribution in [0.3, 0.4) is 0 Å². The normalized spacial score (nSPS) is 18.5. The fraction of sp³-hybridized carbons (Fsp3) is 0.462. The number of rotatable bonds is 4. The highest BCUT2D eigenvalue weighted by Crippen LogP contribution is 2.34. The van der Waals surface area contributed by atoms with Gasteiger partial charge in [0.05, 0.1) is 10.0 Å². The molecule has 1 fully saturated rings. The van der Waals surface area contributed by atoms with E-state index in [1.807, 2.05) is 0 Å². The summed E-state index contributed by atoms with van der Waals surface area (Å²) in [5.41, 5.74) is 0.502. The van der Waals surface area contributed by atoms with Crippen molar-refractivity contribution >= 4 is 34.8 Å². The molecule has 0 bridgehead atoms. The van der Waals surface area contributed by atoms with Crippen LogP contribution in [0.5, 0.6) is 5.75 Å². The highest BCUT2D eigenvalue weighted by molar-refractivity contribution is 6.37. The molecule has 2 rings (SSSR count). The number of hydrogen-bond donors (Lipinski definition) is 3. The van der Waals surface area contributed by atoms with Crippen LogP contribution < -0.4 is 10.6 Å². The molecule has 0 saturated carbocycles. The number of aromatic hydroxyl groups is 1. The summed E-state index contributed by atoms with van der Waals surface area (Å²) in [6, 6.07) is 2.97. The second-order valence-corrected chi connectivity index (χ2v) is 5.55. The van der Waals surface area contributed by atoms with Gasteiger partial charge in [-0.05, 0) is 44.0 Å². The van der Waals surface area contributed by atoms with Gasteiger partial charge in [-0.25, -0.2) is 0 Å². The maximum atomic E-state index is 11.8. The maximum Gasteiger partial charge on any atom is 0.224 e. The average molecular weight is 303 g/mol. The van der Waals surface area contributed by atoms with Gasteiger partial charge in [0.25, 0.3) is 0 Å². The lowest BCUT2D eigenvalue weighted by Crippen LogP contribution is -2.15. The Balaban J connectivity index is 1.87. The van der Waals surface area contributed by atoms with Crippen molar-refractivity contribution in [1.29, 1.82) is 0 Å². The summed E-state index contributed by atoms with van der Waals surface area (Å²) in [4.78, 5) is 11.8. The smallest absolute Gasteiger partial charge is 0.224 e. The Hall–Kier alpha value is -0.970. The standard InChI is InChI=1S/C13H16Cl2N2O2/c14-10-5-9(6-11(15)13(10)19)17-12(18)2-1-8-3-4-16-7-8/h5-6,8,16,19H,1-4,7H2,(H,17,18). The van der Waals surface area contributed by atoms with Crippen LogP contribution in [0.4, 0.5) is 5.69 Å². The van der Waals surface area contributed by atoms with Gasteiger partial charge < -0.3 is 15.7 Å².